The molecule has 0 unspecified atom stereocenters. The first kappa shape index (κ1) is 15.7. The highest BCUT2D eigenvalue weighted by molar-refractivity contribution is 7.16. The second-order valence-electron chi connectivity index (χ2n) is 5.92. The van der Waals surface area contributed by atoms with E-state index < -0.39 is 0 Å². The third-order valence-corrected chi connectivity index (χ3v) is 4.81. The number of rotatable bonds is 4. The fourth-order valence-corrected chi connectivity index (χ4v) is 3.48. The van der Waals surface area contributed by atoms with Gasteiger partial charge in [-0.1, -0.05) is 19.9 Å². The van der Waals surface area contributed by atoms with Gasteiger partial charge in [0.1, 0.15) is 0 Å². The lowest BCUT2D eigenvalue weighted by Crippen LogP contribution is -2.18. The van der Waals surface area contributed by atoms with Crippen LogP contribution in [0.3, 0.4) is 0 Å². The SMILES string of the molecule is CC(C)C(=O)Nc1cccc(C(=O)Nc2nc3c(s2)CCC3)c1. The van der Waals surface area contributed by atoms with Crippen molar-refractivity contribution in [3.05, 3.63) is 40.4 Å². The number of aryl methyl sites for hydroxylation is 2. The molecule has 0 aliphatic heterocycles. The zero-order chi connectivity index (χ0) is 16.4. The Morgan fingerprint density at radius 3 is 2.78 bits per heavy atom. The second-order valence-corrected chi connectivity index (χ2v) is 7.00. The van der Waals surface area contributed by atoms with E-state index in [2.05, 4.69) is 15.6 Å². The van der Waals surface area contributed by atoms with Crippen LogP contribution in [-0.2, 0) is 17.6 Å². The summed E-state index contributed by atoms with van der Waals surface area (Å²) in [6.45, 7) is 3.65. The van der Waals surface area contributed by atoms with Gasteiger partial charge in [0.2, 0.25) is 5.91 Å². The number of carbonyl (C=O) groups is 2. The van der Waals surface area contributed by atoms with Crippen LogP contribution in [0, 0.1) is 5.92 Å². The smallest absolute Gasteiger partial charge is 0.257 e. The normalized spacial score (nSPS) is 13.0. The van der Waals surface area contributed by atoms with Crippen molar-refractivity contribution in [2.24, 2.45) is 5.92 Å². The van der Waals surface area contributed by atoms with Crippen LogP contribution in [0.25, 0.3) is 0 Å². The van der Waals surface area contributed by atoms with Gasteiger partial charge < -0.3 is 5.32 Å². The molecule has 0 saturated carbocycles. The molecule has 2 amide bonds. The predicted octanol–water partition coefficient (Wildman–Crippen LogP) is 3.48. The largest absolute Gasteiger partial charge is 0.326 e. The van der Waals surface area contributed by atoms with Crippen LogP contribution in [0.2, 0.25) is 0 Å². The Balaban J connectivity index is 1.70. The van der Waals surface area contributed by atoms with E-state index in [0.717, 1.165) is 25.0 Å². The van der Waals surface area contributed by atoms with Crippen molar-refractivity contribution in [2.75, 3.05) is 10.6 Å². The molecule has 0 bridgehead atoms. The number of hydrogen-bond donors (Lipinski definition) is 2. The molecule has 3 rings (SSSR count). The van der Waals surface area contributed by atoms with E-state index >= 15 is 0 Å². The molecule has 2 aromatic rings. The average Bonchev–Trinajstić information content (AvgIpc) is 3.08. The van der Waals surface area contributed by atoms with Gasteiger partial charge in [0.15, 0.2) is 5.13 Å². The highest BCUT2D eigenvalue weighted by Gasteiger charge is 2.18. The van der Waals surface area contributed by atoms with Crippen LogP contribution in [0.1, 0.15) is 41.2 Å². The predicted molar refractivity (Wildman–Crippen MR) is 92.0 cm³/mol. The van der Waals surface area contributed by atoms with Crippen molar-refractivity contribution in [1.29, 1.82) is 0 Å². The number of carbonyl (C=O) groups excluding carboxylic acids is 2. The van der Waals surface area contributed by atoms with Gasteiger partial charge >= 0.3 is 0 Å². The van der Waals surface area contributed by atoms with Gasteiger partial charge in [-0.25, -0.2) is 4.98 Å². The Bertz CT molecular complexity index is 731. The Morgan fingerprint density at radius 1 is 1.22 bits per heavy atom. The Labute approximate surface area is 139 Å². The highest BCUT2D eigenvalue weighted by atomic mass is 32.1. The summed E-state index contributed by atoms with van der Waals surface area (Å²) >= 11 is 1.55. The molecule has 6 heteroatoms. The summed E-state index contributed by atoms with van der Waals surface area (Å²) in [7, 11) is 0. The maximum atomic E-state index is 12.4. The van der Waals surface area contributed by atoms with E-state index in [1.807, 2.05) is 13.8 Å². The van der Waals surface area contributed by atoms with Gasteiger partial charge in [-0.3, -0.25) is 14.9 Å². The molecule has 1 aliphatic rings. The lowest BCUT2D eigenvalue weighted by Gasteiger charge is -2.09. The summed E-state index contributed by atoms with van der Waals surface area (Å²) in [6, 6.07) is 6.93. The zero-order valence-electron chi connectivity index (χ0n) is 13.2. The van der Waals surface area contributed by atoms with Gasteiger partial charge in [-0.05, 0) is 37.5 Å². The summed E-state index contributed by atoms with van der Waals surface area (Å²) in [5, 5.41) is 6.30. The first-order chi connectivity index (χ1) is 11.0. The minimum Gasteiger partial charge on any atom is -0.326 e. The van der Waals surface area contributed by atoms with Crippen LogP contribution in [0.15, 0.2) is 24.3 Å². The highest BCUT2D eigenvalue weighted by Crippen LogP contribution is 2.30. The quantitative estimate of drug-likeness (QED) is 0.902. The fraction of sp³-hybridized carbons (Fsp3) is 0.353. The second kappa shape index (κ2) is 6.50. The summed E-state index contributed by atoms with van der Waals surface area (Å²) in [5.74, 6) is -0.387. The molecule has 0 spiro atoms. The molecule has 1 aromatic heterocycles. The van der Waals surface area contributed by atoms with Crippen LogP contribution < -0.4 is 10.6 Å². The molecule has 0 fully saturated rings. The van der Waals surface area contributed by atoms with Gasteiger partial charge in [-0.2, -0.15) is 0 Å². The number of benzene rings is 1. The first-order valence-corrected chi connectivity index (χ1v) is 8.55. The standard InChI is InChI=1S/C17H19N3O2S/c1-10(2)15(21)18-12-6-3-5-11(9-12)16(22)20-17-19-13-7-4-8-14(13)23-17/h3,5-6,9-10H,4,7-8H2,1-2H3,(H,18,21)(H,19,20,22). The summed E-state index contributed by atoms with van der Waals surface area (Å²) in [5.41, 5.74) is 2.24. The fourth-order valence-electron chi connectivity index (χ4n) is 2.44. The van der Waals surface area contributed by atoms with Crippen molar-refractivity contribution in [3.63, 3.8) is 0 Å². The van der Waals surface area contributed by atoms with Gasteiger partial charge in [0.25, 0.3) is 5.91 Å². The van der Waals surface area contributed by atoms with Crippen LogP contribution in [-0.4, -0.2) is 16.8 Å². The van der Waals surface area contributed by atoms with E-state index in [-0.39, 0.29) is 17.7 Å². The Hall–Kier alpha value is -2.21. The van der Waals surface area contributed by atoms with Gasteiger partial charge in [0.05, 0.1) is 5.69 Å². The molecule has 1 heterocycles. The molecule has 5 nitrogen and oxygen atoms in total. The number of hydrogen-bond acceptors (Lipinski definition) is 4. The number of fused-ring (bicyclic) bond motifs is 1. The molecular weight excluding hydrogens is 310 g/mol. The van der Waals surface area contributed by atoms with E-state index in [1.165, 1.54) is 4.88 Å². The average molecular weight is 329 g/mol. The number of nitrogens with one attached hydrogen (secondary N) is 2. The van der Waals surface area contributed by atoms with Crippen LogP contribution >= 0.6 is 11.3 Å². The number of anilines is 2. The molecule has 0 radical (unpaired) electrons. The van der Waals surface area contributed by atoms with Crippen molar-refractivity contribution >= 4 is 34.0 Å². The van der Waals surface area contributed by atoms with Gasteiger partial charge in [0, 0.05) is 22.0 Å². The van der Waals surface area contributed by atoms with Crippen molar-refractivity contribution in [1.82, 2.24) is 4.98 Å². The monoisotopic (exact) mass is 329 g/mol. The number of nitrogens with zero attached hydrogens (tertiary/aromatic N) is 1. The number of thiazole rings is 1. The lowest BCUT2D eigenvalue weighted by molar-refractivity contribution is -0.118. The van der Waals surface area contributed by atoms with E-state index in [9.17, 15) is 9.59 Å². The van der Waals surface area contributed by atoms with Gasteiger partial charge in [-0.15, -0.1) is 11.3 Å². The van der Waals surface area contributed by atoms with Crippen molar-refractivity contribution in [2.45, 2.75) is 33.1 Å². The number of amides is 2. The molecule has 1 aliphatic carbocycles. The molecule has 0 saturated heterocycles. The first-order valence-electron chi connectivity index (χ1n) is 7.74. The topological polar surface area (TPSA) is 71.1 Å². The van der Waals surface area contributed by atoms with Crippen molar-refractivity contribution in [3.8, 4) is 0 Å². The maximum Gasteiger partial charge on any atom is 0.257 e. The molecule has 23 heavy (non-hydrogen) atoms. The molecule has 120 valence electrons. The summed E-state index contributed by atoms with van der Waals surface area (Å²) in [6.07, 6.45) is 3.21. The third-order valence-electron chi connectivity index (χ3n) is 3.73. The Morgan fingerprint density at radius 2 is 2.04 bits per heavy atom. The molecule has 2 N–H and O–H groups in total. The van der Waals surface area contributed by atoms with E-state index in [1.54, 1.807) is 35.6 Å². The minimum absolute atomic E-state index is 0.0705. The van der Waals surface area contributed by atoms with Crippen LogP contribution in [0.5, 0.6) is 0 Å². The zero-order valence-corrected chi connectivity index (χ0v) is 14.0. The molecule has 1 aromatic carbocycles. The van der Waals surface area contributed by atoms with E-state index in [4.69, 9.17) is 0 Å². The number of aromatic nitrogens is 1. The van der Waals surface area contributed by atoms with Crippen LogP contribution in [0.4, 0.5) is 10.8 Å². The minimum atomic E-state index is -0.210. The maximum absolute atomic E-state index is 12.4. The lowest BCUT2D eigenvalue weighted by atomic mass is 10.1. The summed E-state index contributed by atoms with van der Waals surface area (Å²) in [4.78, 5) is 29.8. The molecular formula is C17H19N3O2S. The summed E-state index contributed by atoms with van der Waals surface area (Å²) < 4.78 is 0. The third kappa shape index (κ3) is 3.59. The Kier molecular flexibility index (Phi) is 4.43. The molecule has 0 atom stereocenters. The van der Waals surface area contributed by atoms with Crippen molar-refractivity contribution < 1.29 is 9.59 Å². The van der Waals surface area contributed by atoms with E-state index in [0.29, 0.717) is 16.4 Å².